The van der Waals surface area contributed by atoms with Crippen LogP contribution >= 0.6 is 0 Å². The monoisotopic (exact) mass is 225 g/mol. The molecular formula is C12H16FNO2. The van der Waals surface area contributed by atoms with Crippen LogP contribution in [0.25, 0.3) is 0 Å². The summed E-state index contributed by atoms with van der Waals surface area (Å²) in [6.45, 7) is 2.71. The highest BCUT2D eigenvalue weighted by atomic mass is 19.1. The summed E-state index contributed by atoms with van der Waals surface area (Å²) in [7, 11) is 0. The molecule has 0 aliphatic heterocycles. The minimum Gasteiger partial charge on any atom is -0.395 e. The number of carbonyl (C=O) groups is 1. The largest absolute Gasteiger partial charge is 0.395 e. The van der Waals surface area contributed by atoms with Gasteiger partial charge in [0.2, 0.25) is 0 Å². The van der Waals surface area contributed by atoms with E-state index in [1.165, 1.54) is 23.1 Å². The van der Waals surface area contributed by atoms with Gasteiger partial charge in [-0.15, -0.1) is 0 Å². The third-order valence-electron chi connectivity index (χ3n) is 2.22. The molecule has 3 nitrogen and oxygen atoms in total. The number of hydrogen-bond acceptors (Lipinski definition) is 2. The number of hydrogen-bond donors (Lipinski definition) is 1. The maximum absolute atomic E-state index is 12.9. The maximum atomic E-state index is 12.9. The van der Waals surface area contributed by atoms with Crippen molar-refractivity contribution in [1.29, 1.82) is 0 Å². The number of halogens is 1. The zero-order valence-corrected chi connectivity index (χ0v) is 9.32. The van der Waals surface area contributed by atoms with Crippen molar-refractivity contribution in [3.63, 3.8) is 0 Å². The minimum absolute atomic E-state index is 0.0823. The van der Waals surface area contributed by atoms with Gasteiger partial charge in [-0.05, 0) is 24.6 Å². The van der Waals surface area contributed by atoms with Gasteiger partial charge in [-0.1, -0.05) is 13.0 Å². The topological polar surface area (TPSA) is 40.5 Å². The van der Waals surface area contributed by atoms with Gasteiger partial charge >= 0.3 is 0 Å². The molecule has 1 rings (SSSR count). The first kappa shape index (κ1) is 12.6. The van der Waals surface area contributed by atoms with E-state index in [0.717, 1.165) is 6.42 Å². The first-order chi connectivity index (χ1) is 7.69. The molecule has 4 heteroatoms. The van der Waals surface area contributed by atoms with Gasteiger partial charge < -0.3 is 10.0 Å². The second kappa shape index (κ2) is 6.23. The van der Waals surface area contributed by atoms with Crippen LogP contribution in [0.4, 0.5) is 4.39 Å². The zero-order chi connectivity index (χ0) is 12.0. The molecule has 1 amide bonds. The average molecular weight is 225 g/mol. The van der Waals surface area contributed by atoms with Crippen LogP contribution in [0.15, 0.2) is 24.3 Å². The van der Waals surface area contributed by atoms with Crippen LogP contribution in [0.1, 0.15) is 23.7 Å². The van der Waals surface area contributed by atoms with Gasteiger partial charge in [0.05, 0.1) is 6.61 Å². The Hall–Kier alpha value is -1.42. The van der Waals surface area contributed by atoms with Gasteiger partial charge in [0, 0.05) is 18.7 Å². The lowest BCUT2D eigenvalue weighted by Crippen LogP contribution is -2.34. The van der Waals surface area contributed by atoms with Crippen LogP contribution in [0.5, 0.6) is 0 Å². The van der Waals surface area contributed by atoms with Gasteiger partial charge in [0.15, 0.2) is 0 Å². The van der Waals surface area contributed by atoms with E-state index < -0.39 is 5.82 Å². The molecule has 0 radical (unpaired) electrons. The van der Waals surface area contributed by atoms with Crippen LogP contribution in [-0.2, 0) is 0 Å². The van der Waals surface area contributed by atoms with Crippen LogP contribution in [-0.4, -0.2) is 35.6 Å². The van der Waals surface area contributed by atoms with Crippen LogP contribution in [0.3, 0.4) is 0 Å². The summed E-state index contributed by atoms with van der Waals surface area (Å²) in [4.78, 5) is 13.4. The Bertz CT molecular complexity index is 349. The lowest BCUT2D eigenvalue weighted by molar-refractivity contribution is 0.0721. The number of carbonyl (C=O) groups excluding carboxylic acids is 1. The third kappa shape index (κ3) is 3.31. The van der Waals surface area contributed by atoms with E-state index in [-0.39, 0.29) is 19.1 Å². The van der Waals surface area contributed by atoms with Crippen molar-refractivity contribution >= 4 is 5.91 Å². The second-order valence-electron chi connectivity index (χ2n) is 3.53. The van der Waals surface area contributed by atoms with Crippen molar-refractivity contribution in [2.45, 2.75) is 13.3 Å². The Morgan fingerprint density at radius 1 is 1.44 bits per heavy atom. The van der Waals surface area contributed by atoms with E-state index in [0.29, 0.717) is 12.1 Å². The van der Waals surface area contributed by atoms with Gasteiger partial charge in [-0.3, -0.25) is 4.79 Å². The molecule has 0 fully saturated rings. The van der Waals surface area contributed by atoms with E-state index in [9.17, 15) is 9.18 Å². The number of benzene rings is 1. The number of amides is 1. The van der Waals surface area contributed by atoms with Crippen molar-refractivity contribution in [1.82, 2.24) is 4.90 Å². The molecule has 0 unspecified atom stereocenters. The van der Waals surface area contributed by atoms with E-state index in [2.05, 4.69) is 0 Å². The highest BCUT2D eigenvalue weighted by Gasteiger charge is 2.14. The summed E-state index contributed by atoms with van der Waals surface area (Å²) in [5.41, 5.74) is 0.321. The first-order valence-electron chi connectivity index (χ1n) is 5.34. The Kier molecular flexibility index (Phi) is 4.92. The summed E-state index contributed by atoms with van der Waals surface area (Å²) in [6, 6.07) is 5.59. The Morgan fingerprint density at radius 2 is 2.19 bits per heavy atom. The summed E-state index contributed by atoms with van der Waals surface area (Å²) < 4.78 is 12.9. The summed E-state index contributed by atoms with van der Waals surface area (Å²) in [5.74, 6) is -0.665. The molecule has 1 aromatic rings. The lowest BCUT2D eigenvalue weighted by Gasteiger charge is -2.20. The standard InChI is InChI=1S/C12H16FNO2/c1-2-6-14(7-8-15)12(16)10-4-3-5-11(13)9-10/h3-5,9,15H,2,6-8H2,1H3. The molecule has 1 N–H and O–H groups in total. The summed E-state index contributed by atoms with van der Waals surface area (Å²) in [5, 5.41) is 8.85. The molecule has 0 heterocycles. The molecule has 0 saturated carbocycles. The van der Waals surface area contributed by atoms with Crippen LogP contribution < -0.4 is 0 Å². The van der Waals surface area contributed by atoms with Crippen molar-refractivity contribution < 1.29 is 14.3 Å². The molecule has 0 aliphatic rings. The molecule has 88 valence electrons. The Morgan fingerprint density at radius 3 is 2.75 bits per heavy atom. The number of aliphatic hydroxyl groups is 1. The first-order valence-corrected chi connectivity index (χ1v) is 5.34. The van der Waals surface area contributed by atoms with Gasteiger partial charge in [0.1, 0.15) is 5.82 Å². The Balaban J connectivity index is 2.81. The van der Waals surface area contributed by atoms with Crippen molar-refractivity contribution in [3.05, 3.63) is 35.6 Å². The van der Waals surface area contributed by atoms with Crippen LogP contribution in [0.2, 0.25) is 0 Å². The fourth-order valence-corrected chi connectivity index (χ4v) is 1.51. The van der Waals surface area contributed by atoms with Gasteiger partial charge in [0.25, 0.3) is 5.91 Å². The summed E-state index contributed by atoms with van der Waals surface area (Å²) in [6.07, 6.45) is 0.807. The SMILES string of the molecule is CCCN(CCO)C(=O)c1cccc(F)c1. The molecule has 16 heavy (non-hydrogen) atoms. The predicted octanol–water partition coefficient (Wildman–Crippen LogP) is 1.67. The van der Waals surface area contributed by atoms with E-state index in [1.54, 1.807) is 6.07 Å². The molecule has 0 atom stereocenters. The van der Waals surface area contributed by atoms with E-state index >= 15 is 0 Å². The van der Waals surface area contributed by atoms with Crippen molar-refractivity contribution in [2.24, 2.45) is 0 Å². The van der Waals surface area contributed by atoms with E-state index in [4.69, 9.17) is 5.11 Å². The number of nitrogens with zero attached hydrogens (tertiary/aromatic N) is 1. The maximum Gasteiger partial charge on any atom is 0.254 e. The van der Waals surface area contributed by atoms with Crippen LogP contribution in [0, 0.1) is 5.82 Å². The quantitative estimate of drug-likeness (QED) is 0.828. The molecule has 0 bridgehead atoms. The third-order valence-corrected chi connectivity index (χ3v) is 2.22. The minimum atomic E-state index is -0.425. The average Bonchev–Trinajstić information content (AvgIpc) is 2.28. The second-order valence-corrected chi connectivity index (χ2v) is 3.53. The molecule has 0 spiro atoms. The lowest BCUT2D eigenvalue weighted by atomic mass is 10.2. The molecule has 1 aromatic carbocycles. The van der Waals surface area contributed by atoms with Crippen molar-refractivity contribution in [2.75, 3.05) is 19.7 Å². The van der Waals surface area contributed by atoms with E-state index in [1.807, 2.05) is 6.92 Å². The predicted molar refractivity (Wildman–Crippen MR) is 59.7 cm³/mol. The molecule has 0 aliphatic carbocycles. The highest BCUT2D eigenvalue weighted by Crippen LogP contribution is 2.07. The Labute approximate surface area is 94.5 Å². The molecular weight excluding hydrogens is 209 g/mol. The molecule has 0 saturated heterocycles. The fourth-order valence-electron chi connectivity index (χ4n) is 1.51. The molecule has 0 aromatic heterocycles. The number of rotatable bonds is 5. The summed E-state index contributed by atoms with van der Waals surface area (Å²) >= 11 is 0. The highest BCUT2D eigenvalue weighted by molar-refractivity contribution is 5.94. The smallest absolute Gasteiger partial charge is 0.254 e. The van der Waals surface area contributed by atoms with Crippen molar-refractivity contribution in [3.8, 4) is 0 Å². The van der Waals surface area contributed by atoms with Gasteiger partial charge in [-0.25, -0.2) is 4.39 Å². The zero-order valence-electron chi connectivity index (χ0n) is 9.32. The normalized spacial score (nSPS) is 10.2. The number of aliphatic hydroxyl groups excluding tert-OH is 1. The van der Waals surface area contributed by atoms with Gasteiger partial charge in [-0.2, -0.15) is 0 Å². The fraction of sp³-hybridized carbons (Fsp3) is 0.417.